The van der Waals surface area contributed by atoms with Crippen molar-refractivity contribution in [3.05, 3.63) is 71.3 Å². The van der Waals surface area contributed by atoms with E-state index in [1.807, 2.05) is 18.2 Å². The average Bonchev–Trinajstić information content (AvgIpc) is 2.31. The molecular formula is C15H15Cl. The van der Waals surface area contributed by atoms with Crippen molar-refractivity contribution in [2.75, 3.05) is 0 Å². The van der Waals surface area contributed by atoms with Crippen LogP contribution in [0, 0.1) is 6.92 Å². The van der Waals surface area contributed by atoms with E-state index in [1.54, 1.807) is 0 Å². The molecule has 0 aromatic heterocycles. The zero-order valence-electron chi connectivity index (χ0n) is 9.36. The summed E-state index contributed by atoms with van der Waals surface area (Å²) < 4.78 is 0. The van der Waals surface area contributed by atoms with Gasteiger partial charge in [0.25, 0.3) is 0 Å². The second kappa shape index (κ2) is 5.18. The topological polar surface area (TPSA) is 0 Å². The first-order chi connectivity index (χ1) is 7.75. The van der Waals surface area contributed by atoms with Crippen molar-refractivity contribution in [1.82, 2.24) is 0 Å². The largest absolute Gasteiger partial charge is 0.117 e. The molecule has 0 fully saturated rings. The van der Waals surface area contributed by atoms with E-state index in [0.717, 1.165) is 6.42 Å². The van der Waals surface area contributed by atoms with Crippen molar-refractivity contribution in [1.29, 1.82) is 0 Å². The summed E-state index contributed by atoms with van der Waals surface area (Å²) in [5.41, 5.74) is 3.74. The molecule has 1 atom stereocenters. The first kappa shape index (κ1) is 11.2. The van der Waals surface area contributed by atoms with Crippen molar-refractivity contribution in [2.45, 2.75) is 18.7 Å². The second-order valence-electron chi connectivity index (χ2n) is 4.07. The Labute approximate surface area is 102 Å². The number of hydrogen-bond acceptors (Lipinski definition) is 0. The van der Waals surface area contributed by atoms with Gasteiger partial charge >= 0.3 is 0 Å². The van der Waals surface area contributed by atoms with Gasteiger partial charge in [0.2, 0.25) is 0 Å². The molecule has 0 heterocycles. The summed E-state index contributed by atoms with van der Waals surface area (Å²) in [5.74, 6) is 0. The maximum atomic E-state index is 6.39. The van der Waals surface area contributed by atoms with Crippen LogP contribution in [0.1, 0.15) is 22.1 Å². The minimum Gasteiger partial charge on any atom is -0.117 e. The van der Waals surface area contributed by atoms with Crippen LogP contribution in [0.25, 0.3) is 0 Å². The van der Waals surface area contributed by atoms with Gasteiger partial charge in [-0.2, -0.15) is 0 Å². The molecule has 2 rings (SSSR count). The summed E-state index contributed by atoms with van der Waals surface area (Å²) in [6.45, 7) is 2.09. The number of aryl methyl sites for hydroxylation is 1. The zero-order chi connectivity index (χ0) is 11.4. The highest BCUT2D eigenvalue weighted by Gasteiger charge is 2.07. The highest BCUT2D eigenvalue weighted by molar-refractivity contribution is 6.20. The Kier molecular flexibility index (Phi) is 3.63. The quantitative estimate of drug-likeness (QED) is 0.681. The molecule has 2 aromatic carbocycles. The number of hydrogen-bond donors (Lipinski definition) is 0. The van der Waals surface area contributed by atoms with Crippen LogP contribution in [-0.4, -0.2) is 0 Å². The summed E-state index contributed by atoms with van der Waals surface area (Å²) in [6.07, 6.45) is 0.880. The van der Waals surface area contributed by atoms with Crippen LogP contribution < -0.4 is 0 Å². The van der Waals surface area contributed by atoms with E-state index in [9.17, 15) is 0 Å². The van der Waals surface area contributed by atoms with E-state index in [2.05, 4.69) is 43.3 Å². The van der Waals surface area contributed by atoms with Gasteiger partial charge in [-0.3, -0.25) is 0 Å². The fraction of sp³-hybridized carbons (Fsp3) is 0.200. The smallest absolute Gasteiger partial charge is 0.0625 e. The molecule has 0 amide bonds. The molecule has 0 saturated carbocycles. The van der Waals surface area contributed by atoms with Crippen molar-refractivity contribution in [3.8, 4) is 0 Å². The van der Waals surface area contributed by atoms with E-state index in [-0.39, 0.29) is 5.38 Å². The molecule has 2 aromatic rings. The van der Waals surface area contributed by atoms with Crippen molar-refractivity contribution in [2.24, 2.45) is 0 Å². The van der Waals surface area contributed by atoms with Crippen LogP contribution in [0.2, 0.25) is 0 Å². The molecule has 0 spiro atoms. The Hall–Kier alpha value is -1.27. The van der Waals surface area contributed by atoms with E-state index in [0.29, 0.717) is 0 Å². The van der Waals surface area contributed by atoms with E-state index < -0.39 is 0 Å². The van der Waals surface area contributed by atoms with Crippen molar-refractivity contribution < 1.29 is 0 Å². The lowest BCUT2D eigenvalue weighted by Crippen LogP contribution is -1.95. The molecular weight excluding hydrogens is 216 g/mol. The molecule has 0 aliphatic rings. The first-order valence-electron chi connectivity index (χ1n) is 5.50. The predicted octanol–water partition coefficient (Wildman–Crippen LogP) is 4.52. The minimum absolute atomic E-state index is 0.0583. The molecule has 82 valence electrons. The molecule has 16 heavy (non-hydrogen) atoms. The Morgan fingerprint density at radius 1 is 0.938 bits per heavy atom. The molecule has 0 saturated heterocycles. The van der Waals surface area contributed by atoms with Crippen molar-refractivity contribution >= 4 is 11.6 Å². The average molecular weight is 231 g/mol. The van der Waals surface area contributed by atoms with Gasteiger partial charge < -0.3 is 0 Å². The SMILES string of the molecule is Cc1ccc(C(Cl)Cc2ccccc2)cc1. The van der Waals surface area contributed by atoms with Gasteiger partial charge in [-0.05, 0) is 24.5 Å². The zero-order valence-corrected chi connectivity index (χ0v) is 10.1. The van der Waals surface area contributed by atoms with Gasteiger partial charge in [0.15, 0.2) is 0 Å². The fourth-order valence-electron chi connectivity index (χ4n) is 1.71. The lowest BCUT2D eigenvalue weighted by atomic mass is 10.0. The van der Waals surface area contributed by atoms with Gasteiger partial charge in [0, 0.05) is 0 Å². The standard InChI is InChI=1S/C15H15Cl/c1-12-7-9-14(10-8-12)15(16)11-13-5-3-2-4-6-13/h2-10,15H,11H2,1H3. The second-order valence-corrected chi connectivity index (χ2v) is 4.59. The van der Waals surface area contributed by atoms with Crippen LogP contribution in [0.4, 0.5) is 0 Å². The van der Waals surface area contributed by atoms with Crippen LogP contribution in [-0.2, 0) is 6.42 Å². The molecule has 0 aliphatic heterocycles. The van der Waals surface area contributed by atoms with E-state index in [4.69, 9.17) is 11.6 Å². The van der Waals surface area contributed by atoms with Crippen molar-refractivity contribution in [3.63, 3.8) is 0 Å². The minimum atomic E-state index is 0.0583. The summed E-state index contributed by atoms with van der Waals surface area (Å²) in [5, 5.41) is 0.0583. The van der Waals surface area contributed by atoms with Gasteiger partial charge in [0.05, 0.1) is 5.38 Å². The molecule has 0 N–H and O–H groups in total. The Bertz CT molecular complexity index is 431. The normalized spacial score (nSPS) is 12.4. The van der Waals surface area contributed by atoms with E-state index >= 15 is 0 Å². The monoisotopic (exact) mass is 230 g/mol. The maximum absolute atomic E-state index is 6.39. The Morgan fingerprint density at radius 2 is 1.56 bits per heavy atom. The Morgan fingerprint density at radius 3 is 2.19 bits per heavy atom. The van der Waals surface area contributed by atoms with Gasteiger partial charge in [-0.1, -0.05) is 60.2 Å². The van der Waals surface area contributed by atoms with E-state index in [1.165, 1.54) is 16.7 Å². The maximum Gasteiger partial charge on any atom is 0.0625 e. The van der Waals surface area contributed by atoms with Crippen LogP contribution in [0.3, 0.4) is 0 Å². The predicted molar refractivity (Wildman–Crippen MR) is 69.9 cm³/mol. The molecule has 0 aliphatic carbocycles. The lowest BCUT2D eigenvalue weighted by molar-refractivity contribution is 0.919. The van der Waals surface area contributed by atoms with Gasteiger partial charge in [-0.15, -0.1) is 11.6 Å². The third-order valence-corrected chi connectivity index (χ3v) is 3.10. The lowest BCUT2D eigenvalue weighted by Gasteiger charge is -2.10. The van der Waals surface area contributed by atoms with Gasteiger partial charge in [0.1, 0.15) is 0 Å². The number of alkyl halides is 1. The third kappa shape index (κ3) is 2.86. The molecule has 0 radical (unpaired) electrons. The summed E-state index contributed by atoms with van der Waals surface area (Å²) in [6, 6.07) is 18.8. The fourth-order valence-corrected chi connectivity index (χ4v) is 2.04. The molecule has 1 heteroatoms. The van der Waals surface area contributed by atoms with Crippen LogP contribution >= 0.6 is 11.6 Å². The number of halogens is 1. The number of benzene rings is 2. The van der Waals surface area contributed by atoms with Gasteiger partial charge in [-0.25, -0.2) is 0 Å². The molecule has 1 unspecified atom stereocenters. The third-order valence-electron chi connectivity index (χ3n) is 2.70. The highest BCUT2D eigenvalue weighted by atomic mass is 35.5. The molecule has 0 bridgehead atoms. The first-order valence-corrected chi connectivity index (χ1v) is 5.94. The summed E-state index contributed by atoms with van der Waals surface area (Å²) in [7, 11) is 0. The summed E-state index contributed by atoms with van der Waals surface area (Å²) >= 11 is 6.39. The van der Waals surface area contributed by atoms with Crippen LogP contribution in [0.5, 0.6) is 0 Å². The molecule has 0 nitrogen and oxygen atoms in total. The van der Waals surface area contributed by atoms with Crippen LogP contribution in [0.15, 0.2) is 54.6 Å². The number of rotatable bonds is 3. The summed E-state index contributed by atoms with van der Waals surface area (Å²) in [4.78, 5) is 0. The Balaban J connectivity index is 2.09. The highest BCUT2D eigenvalue weighted by Crippen LogP contribution is 2.24.